The third-order valence-electron chi connectivity index (χ3n) is 3.52. The van der Waals surface area contributed by atoms with E-state index in [1.807, 2.05) is 19.1 Å². The Labute approximate surface area is 112 Å². The summed E-state index contributed by atoms with van der Waals surface area (Å²) in [6.45, 7) is 1.95. The first kappa shape index (κ1) is 13.0. The van der Waals surface area contributed by atoms with Crippen molar-refractivity contribution in [1.82, 2.24) is 4.98 Å². The minimum absolute atomic E-state index is 0.120. The molecule has 1 aromatic rings. The number of carbonyl (C=O) groups is 1. The topological polar surface area (TPSA) is 68.0 Å². The van der Waals surface area contributed by atoms with Gasteiger partial charge in [0.1, 0.15) is 5.82 Å². The van der Waals surface area contributed by atoms with Gasteiger partial charge in [-0.05, 0) is 37.5 Å². The van der Waals surface area contributed by atoms with Crippen LogP contribution in [0.15, 0.2) is 18.3 Å². The van der Waals surface area contributed by atoms with Gasteiger partial charge in [-0.1, -0.05) is 25.1 Å². The van der Waals surface area contributed by atoms with Crippen LogP contribution in [0.4, 0.5) is 5.82 Å². The fourth-order valence-electron chi connectivity index (χ4n) is 2.40. The summed E-state index contributed by atoms with van der Waals surface area (Å²) in [6.07, 6.45) is 5.13. The molecule has 0 bridgehead atoms. The maximum absolute atomic E-state index is 12.4. The normalized spacial score (nSPS) is 17.4. The third kappa shape index (κ3) is 2.36. The van der Waals surface area contributed by atoms with E-state index in [1.165, 1.54) is 0 Å². The van der Waals surface area contributed by atoms with Crippen molar-refractivity contribution in [2.75, 3.05) is 5.32 Å². The second-order valence-corrected chi connectivity index (χ2v) is 5.27. The average molecular weight is 263 g/mol. The van der Waals surface area contributed by atoms with Crippen LogP contribution in [0.3, 0.4) is 0 Å². The Morgan fingerprint density at radius 2 is 2.17 bits per heavy atom. The molecule has 1 saturated carbocycles. The lowest BCUT2D eigenvalue weighted by atomic mass is 9.85. The fraction of sp³-hybridized carbons (Fsp3) is 0.462. The zero-order chi connectivity index (χ0) is 13.2. The molecule has 1 aromatic heterocycles. The van der Waals surface area contributed by atoms with Crippen molar-refractivity contribution in [3.63, 3.8) is 0 Å². The Morgan fingerprint density at radius 3 is 2.72 bits per heavy atom. The molecule has 1 aliphatic rings. The van der Waals surface area contributed by atoms with Crippen molar-refractivity contribution in [2.24, 2.45) is 11.1 Å². The van der Waals surface area contributed by atoms with E-state index in [0.29, 0.717) is 10.8 Å². The molecular weight excluding hydrogens is 246 g/mol. The zero-order valence-electron chi connectivity index (χ0n) is 10.4. The molecule has 0 aromatic carbocycles. The Bertz CT molecular complexity index is 481. The Balaban J connectivity index is 2.18. The summed E-state index contributed by atoms with van der Waals surface area (Å²) in [4.78, 5) is 16.8. The highest BCUT2D eigenvalue weighted by Gasteiger charge is 2.44. The van der Waals surface area contributed by atoms with Gasteiger partial charge in [0.05, 0.1) is 10.4 Å². The number of thiocarbonyl (C=S) groups is 1. The molecule has 5 heteroatoms. The number of anilines is 1. The lowest BCUT2D eigenvalue weighted by molar-refractivity contribution is -0.122. The Kier molecular flexibility index (Phi) is 3.61. The summed E-state index contributed by atoms with van der Waals surface area (Å²) in [5.74, 6) is 0.438. The van der Waals surface area contributed by atoms with E-state index in [2.05, 4.69) is 10.3 Å². The van der Waals surface area contributed by atoms with Crippen LogP contribution in [0, 0.1) is 12.3 Å². The first-order valence-electron chi connectivity index (χ1n) is 6.09. The number of nitrogens with two attached hydrogens (primary N) is 1. The van der Waals surface area contributed by atoms with E-state index in [9.17, 15) is 4.79 Å². The van der Waals surface area contributed by atoms with Gasteiger partial charge in [-0.25, -0.2) is 4.98 Å². The number of pyridine rings is 1. The number of rotatable bonds is 3. The number of aryl methyl sites for hydroxylation is 1. The SMILES string of the molecule is Cc1ccnc(NC(=O)C2(C(N)=S)CCCC2)c1. The number of hydrogen-bond acceptors (Lipinski definition) is 3. The summed E-state index contributed by atoms with van der Waals surface area (Å²) in [5, 5.41) is 2.83. The summed E-state index contributed by atoms with van der Waals surface area (Å²) in [7, 11) is 0. The molecule has 3 N–H and O–H groups in total. The van der Waals surface area contributed by atoms with E-state index in [-0.39, 0.29) is 5.91 Å². The third-order valence-corrected chi connectivity index (χ3v) is 3.91. The molecule has 96 valence electrons. The molecule has 0 saturated heterocycles. The van der Waals surface area contributed by atoms with Gasteiger partial charge >= 0.3 is 0 Å². The Hall–Kier alpha value is -1.49. The highest BCUT2D eigenvalue weighted by molar-refractivity contribution is 7.80. The number of carbonyl (C=O) groups excluding carboxylic acids is 1. The number of nitrogens with zero attached hydrogens (tertiary/aromatic N) is 1. The number of nitrogens with one attached hydrogen (secondary N) is 1. The molecule has 1 amide bonds. The minimum Gasteiger partial charge on any atom is -0.392 e. The zero-order valence-corrected chi connectivity index (χ0v) is 11.2. The van der Waals surface area contributed by atoms with E-state index >= 15 is 0 Å². The first-order valence-corrected chi connectivity index (χ1v) is 6.49. The average Bonchev–Trinajstić information content (AvgIpc) is 2.79. The molecule has 0 unspecified atom stereocenters. The van der Waals surface area contributed by atoms with Crippen LogP contribution in [0.25, 0.3) is 0 Å². The van der Waals surface area contributed by atoms with Crippen molar-refractivity contribution in [1.29, 1.82) is 0 Å². The molecule has 2 rings (SSSR count). The predicted molar refractivity (Wildman–Crippen MR) is 75.3 cm³/mol. The van der Waals surface area contributed by atoms with Gasteiger partial charge in [0.25, 0.3) is 0 Å². The Morgan fingerprint density at radius 1 is 1.50 bits per heavy atom. The predicted octanol–water partition coefficient (Wildman–Crippen LogP) is 2.18. The monoisotopic (exact) mass is 263 g/mol. The van der Waals surface area contributed by atoms with Gasteiger partial charge in [-0.3, -0.25) is 4.79 Å². The largest absolute Gasteiger partial charge is 0.392 e. The maximum Gasteiger partial charge on any atom is 0.238 e. The highest BCUT2D eigenvalue weighted by Crippen LogP contribution is 2.39. The van der Waals surface area contributed by atoms with Crippen molar-refractivity contribution >= 4 is 28.9 Å². The lowest BCUT2D eigenvalue weighted by Crippen LogP contribution is -2.44. The number of aromatic nitrogens is 1. The molecular formula is C13H17N3OS. The molecule has 0 spiro atoms. The van der Waals surface area contributed by atoms with Gasteiger partial charge in [0, 0.05) is 6.20 Å². The molecule has 1 aliphatic carbocycles. The van der Waals surface area contributed by atoms with Crippen molar-refractivity contribution in [3.05, 3.63) is 23.9 Å². The minimum atomic E-state index is -0.680. The van der Waals surface area contributed by atoms with Crippen LogP contribution >= 0.6 is 12.2 Å². The van der Waals surface area contributed by atoms with E-state index in [4.69, 9.17) is 18.0 Å². The van der Waals surface area contributed by atoms with Crippen molar-refractivity contribution in [2.45, 2.75) is 32.6 Å². The first-order chi connectivity index (χ1) is 8.54. The van der Waals surface area contributed by atoms with Gasteiger partial charge in [-0.2, -0.15) is 0 Å². The van der Waals surface area contributed by atoms with Crippen LogP contribution in [0.5, 0.6) is 0 Å². The summed E-state index contributed by atoms with van der Waals surface area (Å²) in [5.41, 5.74) is 6.14. The van der Waals surface area contributed by atoms with E-state index in [1.54, 1.807) is 6.20 Å². The molecule has 18 heavy (non-hydrogen) atoms. The summed E-state index contributed by atoms with van der Waals surface area (Å²) < 4.78 is 0. The molecule has 4 nitrogen and oxygen atoms in total. The van der Waals surface area contributed by atoms with E-state index < -0.39 is 5.41 Å². The van der Waals surface area contributed by atoms with Gasteiger partial charge in [0.15, 0.2) is 0 Å². The second kappa shape index (κ2) is 5.02. The van der Waals surface area contributed by atoms with Crippen LogP contribution in [-0.4, -0.2) is 15.9 Å². The second-order valence-electron chi connectivity index (χ2n) is 4.83. The number of amides is 1. The quantitative estimate of drug-likeness (QED) is 0.820. The van der Waals surface area contributed by atoms with Crippen LogP contribution in [-0.2, 0) is 4.79 Å². The molecule has 0 radical (unpaired) electrons. The van der Waals surface area contributed by atoms with Gasteiger partial charge in [0.2, 0.25) is 5.91 Å². The van der Waals surface area contributed by atoms with Crippen LogP contribution in [0.1, 0.15) is 31.2 Å². The fourth-order valence-corrected chi connectivity index (χ4v) is 2.70. The lowest BCUT2D eigenvalue weighted by Gasteiger charge is -2.25. The highest BCUT2D eigenvalue weighted by atomic mass is 32.1. The maximum atomic E-state index is 12.4. The standard InChI is InChI=1S/C13H17N3OS/c1-9-4-7-15-10(8-9)16-12(17)13(11(14)18)5-2-3-6-13/h4,7-8H,2-3,5-6H2,1H3,(H2,14,18)(H,15,16,17). The van der Waals surface area contributed by atoms with Gasteiger partial charge in [-0.15, -0.1) is 0 Å². The van der Waals surface area contributed by atoms with Gasteiger partial charge < -0.3 is 11.1 Å². The molecule has 0 atom stereocenters. The smallest absolute Gasteiger partial charge is 0.238 e. The van der Waals surface area contributed by atoms with Crippen molar-refractivity contribution < 1.29 is 4.79 Å². The van der Waals surface area contributed by atoms with Crippen LogP contribution in [0.2, 0.25) is 0 Å². The van der Waals surface area contributed by atoms with E-state index in [0.717, 1.165) is 31.2 Å². The van der Waals surface area contributed by atoms with Crippen LogP contribution < -0.4 is 11.1 Å². The number of hydrogen-bond donors (Lipinski definition) is 2. The molecule has 1 fully saturated rings. The molecule has 1 heterocycles. The summed E-state index contributed by atoms with van der Waals surface area (Å²) >= 11 is 5.08. The molecule has 0 aliphatic heterocycles. The van der Waals surface area contributed by atoms with Crippen molar-refractivity contribution in [3.8, 4) is 0 Å². The summed E-state index contributed by atoms with van der Waals surface area (Å²) in [6, 6.07) is 3.72.